The van der Waals surface area contributed by atoms with Gasteiger partial charge in [-0.05, 0) is 30.2 Å². The molecule has 0 aliphatic carbocycles. The Balaban J connectivity index is 2.67. The largest absolute Gasteiger partial charge is 0.491 e. The maximum Gasteiger partial charge on any atom is 0.267 e. The van der Waals surface area contributed by atoms with Crippen LogP contribution in [0.3, 0.4) is 0 Å². The van der Waals surface area contributed by atoms with Gasteiger partial charge in [-0.3, -0.25) is 10.0 Å². The van der Waals surface area contributed by atoms with Crippen LogP contribution in [0.15, 0.2) is 48.1 Å². The fourth-order valence-corrected chi connectivity index (χ4v) is 1.92. The van der Waals surface area contributed by atoms with E-state index >= 15 is 0 Å². The van der Waals surface area contributed by atoms with Crippen LogP contribution in [-0.2, 0) is 4.79 Å². The highest BCUT2D eigenvalue weighted by Crippen LogP contribution is 2.25. The molecule has 0 saturated heterocycles. The zero-order valence-corrected chi connectivity index (χ0v) is 13.3. The van der Waals surface area contributed by atoms with E-state index in [9.17, 15) is 9.90 Å². The lowest BCUT2D eigenvalue weighted by atomic mass is 9.96. The average Bonchev–Trinajstić information content (AvgIpc) is 2.57. The summed E-state index contributed by atoms with van der Waals surface area (Å²) < 4.78 is 5.27. The molecule has 0 saturated carbocycles. The van der Waals surface area contributed by atoms with Crippen molar-refractivity contribution in [2.45, 2.75) is 20.0 Å². The quantitative estimate of drug-likeness (QED) is 0.253. The third-order valence-electron chi connectivity index (χ3n) is 3.21. The molecule has 1 aromatic carbocycles. The number of aliphatic hydroxyl groups is 2. The number of aliphatic hydroxyl groups excluding tert-OH is 2. The lowest BCUT2D eigenvalue weighted by molar-refractivity contribution is -0.124. The summed E-state index contributed by atoms with van der Waals surface area (Å²) in [6.45, 7) is 3.76. The molecule has 0 heterocycles. The van der Waals surface area contributed by atoms with Crippen LogP contribution in [0.25, 0.3) is 0 Å². The standard InChI is InChI=1S/C17H23NO5/c1-12(11-16(20)18-22)3-4-13(2)17(21)14-5-7-15(8-6-14)23-10-9-19/h3-8,11,13,17,19,21-22H,9-10H2,1-2H3,(H,18,20)/b4-3+,12-11+/t13-,17+/m1/s1. The van der Waals surface area contributed by atoms with Crippen molar-refractivity contribution < 1.29 is 25.0 Å². The molecule has 0 fully saturated rings. The molecule has 0 radical (unpaired) electrons. The normalized spacial score (nSPS) is 14.6. The van der Waals surface area contributed by atoms with E-state index in [4.69, 9.17) is 15.1 Å². The van der Waals surface area contributed by atoms with E-state index in [1.807, 2.05) is 6.92 Å². The third-order valence-corrected chi connectivity index (χ3v) is 3.21. The van der Waals surface area contributed by atoms with Crippen LogP contribution in [0.1, 0.15) is 25.5 Å². The molecule has 126 valence electrons. The van der Waals surface area contributed by atoms with E-state index in [1.54, 1.807) is 43.3 Å². The van der Waals surface area contributed by atoms with Crippen molar-refractivity contribution in [3.63, 3.8) is 0 Å². The van der Waals surface area contributed by atoms with Crippen LogP contribution in [0.2, 0.25) is 0 Å². The number of benzene rings is 1. The minimum atomic E-state index is -0.697. The molecule has 2 atom stereocenters. The van der Waals surface area contributed by atoms with Gasteiger partial charge in [-0.25, -0.2) is 5.48 Å². The van der Waals surface area contributed by atoms with Gasteiger partial charge >= 0.3 is 0 Å². The summed E-state index contributed by atoms with van der Waals surface area (Å²) in [4.78, 5) is 11.0. The highest BCUT2D eigenvalue weighted by Gasteiger charge is 2.13. The molecule has 0 aromatic heterocycles. The zero-order chi connectivity index (χ0) is 17.2. The molecule has 0 spiro atoms. The summed E-state index contributed by atoms with van der Waals surface area (Å²) in [6, 6.07) is 7.01. The number of allylic oxidation sites excluding steroid dienone is 2. The Morgan fingerprint density at radius 1 is 1.35 bits per heavy atom. The maximum absolute atomic E-state index is 11.0. The number of nitrogens with one attached hydrogen (secondary N) is 1. The lowest BCUT2D eigenvalue weighted by Gasteiger charge is -2.16. The number of carbonyl (C=O) groups excluding carboxylic acids is 1. The number of rotatable bonds is 8. The van der Waals surface area contributed by atoms with Crippen molar-refractivity contribution >= 4 is 5.91 Å². The highest BCUT2D eigenvalue weighted by molar-refractivity contribution is 5.87. The topological polar surface area (TPSA) is 99.0 Å². The summed E-state index contributed by atoms with van der Waals surface area (Å²) in [5.41, 5.74) is 2.93. The van der Waals surface area contributed by atoms with Gasteiger partial charge in [0.25, 0.3) is 5.91 Å². The van der Waals surface area contributed by atoms with Crippen LogP contribution < -0.4 is 10.2 Å². The predicted molar refractivity (Wildman–Crippen MR) is 86.0 cm³/mol. The van der Waals surface area contributed by atoms with E-state index in [1.165, 1.54) is 11.6 Å². The number of amides is 1. The van der Waals surface area contributed by atoms with Crippen LogP contribution in [0.5, 0.6) is 5.75 Å². The Hall–Kier alpha value is -2.15. The first-order chi connectivity index (χ1) is 11.0. The second kappa shape index (κ2) is 9.78. The molecule has 1 rings (SSSR count). The van der Waals surface area contributed by atoms with E-state index in [2.05, 4.69) is 0 Å². The molecule has 1 amide bonds. The van der Waals surface area contributed by atoms with Gasteiger partial charge in [0.1, 0.15) is 12.4 Å². The van der Waals surface area contributed by atoms with Gasteiger partial charge in [0.15, 0.2) is 0 Å². The first-order valence-electron chi connectivity index (χ1n) is 7.30. The highest BCUT2D eigenvalue weighted by atomic mass is 16.5. The van der Waals surface area contributed by atoms with Crippen LogP contribution >= 0.6 is 0 Å². The Labute approximate surface area is 135 Å². The van der Waals surface area contributed by atoms with Gasteiger partial charge in [-0.2, -0.15) is 0 Å². The molecular weight excluding hydrogens is 298 g/mol. The number of ether oxygens (including phenoxy) is 1. The van der Waals surface area contributed by atoms with Gasteiger partial charge in [0.2, 0.25) is 0 Å². The third kappa shape index (κ3) is 6.65. The van der Waals surface area contributed by atoms with Gasteiger partial charge in [-0.1, -0.05) is 31.2 Å². The molecule has 0 aliphatic rings. The minimum absolute atomic E-state index is 0.0482. The smallest absolute Gasteiger partial charge is 0.267 e. The Morgan fingerprint density at radius 3 is 2.57 bits per heavy atom. The fourth-order valence-electron chi connectivity index (χ4n) is 1.92. The second-order valence-electron chi connectivity index (χ2n) is 5.17. The van der Waals surface area contributed by atoms with Gasteiger partial charge < -0.3 is 14.9 Å². The van der Waals surface area contributed by atoms with Crippen molar-refractivity contribution in [2.24, 2.45) is 5.92 Å². The second-order valence-corrected chi connectivity index (χ2v) is 5.17. The van der Waals surface area contributed by atoms with Crippen molar-refractivity contribution in [1.29, 1.82) is 0 Å². The molecule has 1 aromatic rings. The summed E-state index contributed by atoms with van der Waals surface area (Å²) in [5.74, 6) is -0.134. The molecule has 0 aliphatic heterocycles. The SMILES string of the molecule is CC(/C=C/[C@@H](C)[C@H](O)c1ccc(OCCO)cc1)=C\C(=O)NO. The molecule has 6 heteroatoms. The van der Waals surface area contributed by atoms with Crippen molar-refractivity contribution in [1.82, 2.24) is 5.48 Å². The van der Waals surface area contributed by atoms with Gasteiger partial charge in [-0.15, -0.1) is 0 Å². The van der Waals surface area contributed by atoms with Crippen LogP contribution in [-0.4, -0.2) is 34.5 Å². The van der Waals surface area contributed by atoms with Crippen molar-refractivity contribution in [3.8, 4) is 5.75 Å². The summed E-state index contributed by atoms with van der Waals surface area (Å²) >= 11 is 0. The van der Waals surface area contributed by atoms with E-state index in [0.717, 1.165) is 5.56 Å². The number of hydrogen-bond donors (Lipinski definition) is 4. The first-order valence-corrected chi connectivity index (χ1v) is 7.30. The zero-order valence-electron chi connectivity index (χ0n) is 13.3. The lowest BCUT2D eigenvalue weighted by Crippen LogP contribution is -2.15. The molecular formula is C17H23NO5. The summed E-state index contributed by atoms with van der Waals surface area (Å²) in [6.07, 6.45) is 4.06. The minimum Gasteiger partial charge on any atom is -0.491 e. The van der Waals surface area contributed by atoms with Crippen molar-refractivity contribution in [2.75, 3.05) is 13.2 Å². The molecule has 0 unspecified atom stereocenters. The molecule has 23 heavy (non-hydrogen) atoms. The van der Waals surface area contributed by atoms with Crippen LogP contribution in [0, 0.1) is 5.92 Å². The van der Waals surface area contributed by atoms with E-state index in [0.29, 0.717) is 11.3 Å². The molecule has 6 nitrogen and oxygen atoms in total. The van der Waals surface area contributed by atoms with Gasteiger partial charge in [0, 0.05) is 12.0 Å². The Morgan fingerprint density at radius 2 is 2.00 bits per heavy atom. The average molecular weight is 321 g/mol. The number of hydrogen-bond acceptors (Lipinski definition) is 5. The number of hydroxylamine groups is 1. The first kappa shape index (κ1) is 18.9. The fraction of sp³-hybridized carbons (Fsp3) is 0.353. The maximum atomic E-state index is 11.0. The predicted octanol–water partition coefficient (Wildman–Crippen LogP) is 1.74. The summed E-state index contributed by atoms with van der Waals surface area (Å²) in [7, 11) is 0. The monoisotopic (exact) mass is 321 g/mol. The summed E-state index contributed by atoms with van der Waals surface area (Å²) in [5, 5.41) is 27.5. The Kier molecular flexibility index (Phi) is 8.04. The van der Waals surface area contributed by atoms with E-state index in [-0.39, 0.29) is 19.1 Å². The van der Waals surface area contributed by atoms with Crippen LogP contribution in [0.4, 0.5) is 0 Å². The van der Waals surface area contributed by atoms with E-state index < -0.39 is 12.0 Å². The molecule has 4 N–H and O–H groups in total. The molecule has 0 bridgehead atoms. The van der Waals surface area contributed by atoms with Crippen molar-refractivity contribution in [3.05, 3.63) is 53.6 Å². The number of carbonyl (C=O) groups is 1. The Bertz CT molecular complexity index is 551. The van der Waals surface area contributed by atoms with Gasteiger partial charge in [0.05, 0.1) is 12.7 Å².